The van der Waals surface area contributed by atoms with Crippen LogP contribution in [0.1, 0.15) is 39.0 Å². The molecule has 0 aliphatic heterocycles. The summed E-state index contributed by atoms with van der Waals surface area (Å²) >= 11 is 0. The molecule has 0 atom stereocenters. The summed E-state index contributed by atoms with van der Waals surface area (Å²) in [6, 6.07) is 0. The first-order valence-electron chi connectivity index (χ1n) is 7.41. The molecule has 10 heteroatoms. The summed E-state index contributed by atoms with van der Waals surface area (Å²) < 4.78 is 37.7. The molecule has 23 heavy (non-hydrogen) atoms. The number of rotatable bonds is 7. The fraction of sp³-hybridized carbons (Fsp3) is 0.769. The number of aryl methyl sites for hydroxylation is 2. The van der Waals surface area contributed by atoms with Crippen LogP contribution in [-0.4, -0.2) is 41.6 Å². The van der Waals surface area contributed by atoms with Gasteiger partial charge in [0.15, 0.2) is 0 Å². The van der Waals surface area contributed by atoms with Gasteiger partial charge in [0, 0.05) is 6.92 Å². The molecule has 1 aromatic rings. The summed E-state index contributed by atoms with van der Waals surface area (Å²) in [5, 5.41) is 3.77. The monoisotopic (exact) mass is 347 g/mol. The third-order valence-electron chi connectivity index (χ3n) is 3.57. The lowest BCUT2D eigenvalue weighted by atomic mass is 9.78. The van der Waals surface area contributed by atoms with E-state index in [2.05, 4.69) is 9.82 Å². The molecule has 1 aromatic heterocycles. The van der Waals surface area contributed by atoms with E-state index in [0.717, 1.165) is 11.1 Å². The first-order valence-corrected chi connectivity index (χ1v) is 9.06. The van der Waals surface area contributed by atoms with Crippen LogP contribution in [0.15, 0.2) is 9.21 Å². The SMILES string of the molecule is Cc1nn(CCS(=O)(=O)NC2(C(=O)OC(C)C)CCC2)c(=O)o1. The molecule has 130 valence electrons. The Morgan fingerprint density at radius 3 is 2.57 bits per heavy atom. The first-order chi connectivity index (χ1) is 10.6. The number of nitrogens with zero attached hydrogens (tertiary/aromatic N) is 2. The maximum atomic E-state index is 12.2. The Balaban J connectivity index is 2.03. The minimum absolute atomic E-state index is 0.152. The number of sulfonamides is 1. The predicted octanol–water partition coefficient (Wildman–Crippen LogP) is -0.0616. The zero-order valence-electron chi connectivity index (χ0n) is 13.4. The second-order valence-corrected chi connectivity index (χ2v) is 7.76. The highest BCUT2D eigenvalue weighted by atomic mass is 32.2. The lowest BCUT2D eigenvalue weighted by molar-refractivity contribution is -0.158. The third-order valence-corrected chi connectivity index (χ3v) is 4.99. The molecule has 1 heterocycles. The van der Waals surface area contributed by atoms with Gasteiger partial charge in [-0.15, -0.1) is 5.10 Å². The highest BCUT2D eigenvalue weighted by Crippen LogP contribution is 2.34. The molecule has 0 bridgehead atoms. The van der Waals surface area contributed by atoms with Gasteiger partial charge in [-0.1, -0.05) is 0 Å². The van der Waals surface area contributed by atoms with Gasteiger partial charge in [-0.2, -0.15) is 9.40 Å². The van der Waals surface area contributed by atoms with Crippen LogP contribution in [0.3, 0.4) is 0 Å². The van der Waals surface area contributed by atoms with Crippen LogP contribution in [0.4, 0.5) is 0 Å². The van der Waals surface area contributed by atoms with Gasteiger partial charge in [0.2, 0.25) is 15.9 Å². The van der Waals surface area contributed by atoms with Crippen LogP contribution in [0.25, 0.3) is 0 Å². The summed E-state index contributed by atoms with van der Waals surface area (Å²) in [6.07, 6.45) is 1.24. The van der Waals surface area contributed by atoms with E-state index in [4.69, 9.17) is 9.15 Å². The van der Waals surface area contributed by atoms with E-state index >= 15 is 0 Å². The smallest absolute Gasteiger partial charge is 0.437 e. The Morgan fingerprint density at radius 1 is 1.48 bits per heavy atom. The van der Waals surface area contributed by atoms with Gasteiger partial charge >= 0.3 is 11.7 Å². The van der Waals surface area contributed by atoms with Crippen molar-refractivity contribution >= 4 is 16.0 Å². The van der Waals surface area contributed by atoms with Crippen molar-refractivity contribution in [2.24, 2.45) is 0 Å². The quantitative estimate of drug-likeness (QED) is 0.686. The maximum Gasteiger partial charge on any atom is 0.437 e. The molecule has 2 rings (SSSR count). The zero-order valence-corrected chi connectivity index (χ0v) is 14.2. The van der Waals surface area contributed by atoms with Crippen molar-refractivity contribution in [1.82, 2.24) is 14.5 Å². The summed E-state index contributed by atoms with van der Waals surface area (Å²) in [7, 11) is -3.78. The molecule has 1 N–H and O–H groups in total. The molecule has 0 spiro atoms. The van der Waals surface area contributed by atoms with Gasteiger partial charge in [0.05, 0.1) is 18.4 Å². The largest absolute Gasteiger partial charge is 0.462 e. The standard InChI is InChI=1S/C13H21N3O6S/c1-9(2)21-11(17)13(5-4-6-13)15-23(19,20)8-7-16-12(18)22-10(3)14-16/h9,15H,4-8H2,1-3H3. The van der Waals surface area contributed by atoms with Gasteiger partial charge in [-0.05, 0) is 33.1 Å². The average Bonchev–Trinajstić information content (AvgIpc) is 2.69. The topological polar surface area (TPSA) is 121 Å². The van der Waals surface area contributed by atoms with Crippen molar-refractivity contribution in [2.75, 3.05) is 5.75 Å². The summed E-state index contributed by atoms with van der Waals surface area (Å²) in [6.45, 7) is 4.76. The zero-order chi connectivity index (χ0) is 17.3. The number of carbonyl (C=O) groups is 1. The van der Waals surface area contributed by atoms with Gasteiger partial charge in [0.25, 0.3) is 0 Å². The molecule has 9 nitrogen and oxygen atoms in total. The van der Waals surface area contributed by atoms with Crippen molar-refractivity contribution in [3.8, 4) is 0 Å². The molecule has 1 fully saturated rings. The number of esters is 1. The van der Waals surface area contributed by atoms with Gasteiger partial charge in [0.1, 0.15) is 5.54 Å². The highest BCUT2D eigenvalue weighted by molar-refractivity contribution is 7.89. The van der Waals surface area contributed by atoms with E-state index in [1.165, 1.54) is 6.92 Å². The van der Waals surface area contributed by atoms with Crippen LogP contribution < -0.4 is 10.5 Å². The van der Waals surface area contributed by atoms with Gasteiger partial charge in [-0.3, -0.25) is 4.79 Å². The first kappa shape index (κ1) is 17.7. The minimum atomic E-state index is -3.78. The maximum absolute atomic E-state index is 12.2. The molecular formula is C13H21N3O6S. The Morgan fingerprint density at radius 2 is 2.13 bits per heavy atom. The van der Waals surface area contributed by atoms with E-state index in [9.17, 15) is 18.0 Å². The number of aromatic nitrogens is 2. The molecular weight excluding hydrogens is 326 g/mol. The predicted molar refractivity (Wildman–Crippen MR) is 80.2 cm³/mol. The molecule has 1 aliphatic carbocycles. The summed E-state index contributed by atoms with van der Waals surface area (Å²) in [5.41, 5.74) is -1.19. The van der Waals surface area contributed by atoms with Crippen molar-refractivity contribution < 1.29 is 22.4 Å². The second-order valence-electron chi connectivity index (χ2n) is 5.92. The minimum Gasteiger partial charge on any atom is -0.462 e. The molecule has 0 saturated heterocycles. The lowest BCUT2D eigenvalue weighted by Crippen LogP contribution is -2.60. The Labute approximate surface area is 134 Å². The van der Waals surface area contributed by atoms with Crippen LogP contribution in [-0.2, 0) is 26.1 Å². The Kier molecular flexibility index (Phi) is 4.95. The van der Waals surface area contributed by atoms with Crippen LogP contribution >= 0.6 is 0 Å². The molecule has 0 unspecified atom stereocenters. The van der Waals surface area contributed by atoms with E-state index in [1.54, 1.807) is 13.8 Å². The normalized spacial score (nSPS) is 17.0. The van der Waals surface area contributed by atoms with Crippen LogP contribution in [0.5, 0.6) is 0 Å². The van der Waals surface area contributed by atoms with Crippen molar-refractivity contribution in [2.45, 2.75) is 58.2 Å². The van der Waals surface area contributed by atoms with Crippen molar-refractivity contribution in [1.29, 1.82) is 0 Å². The highest BCUT2D eigenvalue weighted by Gasteiger charge is 2.48. The van der Waals surface area contributed by atoms with Crippen molar-refractivity contribution in [3.63, 3.8) is 0 Å². The molecule has 0 radical (unpaired) electrons. The Bertz CT molecular complexity index is 729. The van der Waals surface area contributed by atoms with Gasteiger partial charge < -0.3 is 9.15 Å². The Hall–Kier alpha value is -1.68. The molecule has 0 aromatic carbocycles. The molecule has 1 saturated carbocycles. The van der Waals surface area contributed by atoms with E-state index in [-0.39, 0.29) is 24.3 Å². The third kappa shape index (κ3) is 4.20. The van der Waals surface area contributed by atoms with Gasteiger partial charge in [-0.25, -0.2) is 13.2 Å². The second kappa shape index (κ2) is 6.44. The van der Waals surface area contributed by atoms with E-state index in [0.29, 0.717) is 12.8 Å². The van der Waals surface area contributed by atoms with Crippen LogP contribution in [0, 0.1) is 6.92 Å². The average molecular weight is 347 g/mol. The number of ether oxygens (including phenoxy) is 1. The number of hydrogen-bond donors (Lipinski definition) is 1. The van der Waals surface area contributed by atoms with Crippen LogP contribution in [0.2, 0.25) is 0 Å². The molecule has 1 aliphatic rings. The van der Waals surface area contributed by atoms with E-state index in [1.807, 2.05) is 0 Å². The fourth-order valence-corrected chi connectivity index (χ4v) is 3.71. The summed E-state index contributed by atoms with van der Waals surface area (Å²) in [4.78, 5) is 23.5. The summed E-state index contributed by atoms with van der Waals surface area (Å²) in [5.74, 6) is -1.49. The molecule has 0 amide bonds. The number of hydrogen-bond acceptors (Lipinski definition) is 7. The van der Waals surface area contributed by atoms with E-state index < -0.39 is 27.3 Å². The number of nitrogens with one attached hydrogen (secondary N) is 1. The number of carbonyl (C=O) groups excluding carboxylic acids is 1. The fourth-order valence-electron chi connectivity index (χ4n) is 2.31. The van der Waals surface area contributed by atoms with Crippen molar-refractivity contribution in [3.05, 3.63) is 16.4 Å². The lowest BCUT2D eigenvalue weighted by Gasteiger charge is -2.39.